The number of carboxylic acids is 1. The molecule has 0 bridgehead atoms. The van der Waals surface area contributed by atoms with Crippen LogP contribution >= 0.6 is 15.9 Å². The summed E-state index contributed by atoms with van der Waals surface area (Å²) in [6.45, 7) is 1.69. The van der Waals surface area contributed by atoms with Crippen LogP contribution in [0.25, 0.3) is 16.8 Å². The predicted molar refractivity (Wildman–Crippen MR) is 107 cm³/mol. The van der Waals surface area contributed by atoms with E-state index >= 15 is 0 Å². The van der Waals surface area contributed by atoms with Crippen molar-refractivity contribution in [2.24, 2.45) is 0 Å². The Bertz CT molecular complexity index is 1040. The molecule has 1 amide bonds. The maximum Gasteiger partial charge on any atom is 0.337 e. The van der Waals surface area contributed by atoms with Crippen LogP contribution in [0.3, 0.4) is 0 Å². The number of para-hydroxylation sites is 1. The highest BCUT2D eigenvalue weighted by Gasteiger charge is 2.13. The van der Waals surface area contributed by atoms with Crippen LogP contribution < -0.4 is 5.32 Å². The maximum atomic E-state index is 12.5. The highest BCUT2D eigenvalue weighted by molar-refractivity contribution is 9.10. The molecular weight excluding hydrogens is 394 g/mol. The maximum absolute atomic E-state index is 12.5. The topological polar surface area (TPSA) is 66.4 Å². The summed E-state index contributed by atoms with van der Waals surface area (Å²) in [5.41, 5.74) is 1.68. The molecule has 3 rings (SSSR count). The number of nitrogens with one attached hydrogen (secondary N) is 1. The second kappa shape index (κ2) is 7.54. The molecule has 0 spiro atoms. The molecule has 0 heterocycles. The van der Waals surface area contributed by atoms with Crippen LogP contribution in [0.4, 0.5) is 5.69 Å². The highest BCUT2D eigenvalue weighted by atomic mass is 79.9. The van der Waals surface area contributed by atoms with Gasteiger partial charge in [-0.05, 0) is 57.4 Å². The fourth-order valence-corrected chi connectivity index (χ4v) is 3.27. The lowest BCUT2D eigenvalue weighted by Gasteiger charge is -2.09. The third-order valence-electron chi connectivity index (χ3n) is 4.03. The van der Waals surface area contributed by atoms with E-state index in [4.69, 9.17) is 0 Å². The zero-order valence-electron chi connectivity index (χ0n) is 14.0. The molecule has 3 aromatic rings. The molecule has 0 aliphatic heterocycles. The van der Waals surface area contributed by atoms with Gasteiger partial charge in [0.25, 0.3) is 5.91 Å². The molecular formula is C21H16BrNO3. The summed E-state index contributed by atoms with van der Waals surface area (Å²) < 4.78 is 0.911. The Balaban J connectivity index is 1.90. The van der Waals surface area contributed by atoms with Crippen LogP contribution in [-0.2, 0) is 4.79 Å². The van der Waals surface area contributed by atoms with Gasteiger partial charge in [0.15, 0.2) is 0 Å². The van der Waals surface area contributed by atoms with Gasteiger partial charge in [-0.25, -0.2) is 4.79 Å². The van der Waals surface area contributed by atoms with Gasteiger partial charge >= 0.3 is 5.97 Å². The summed E-state index contributed by atoms with van der Waals surface area (Å²) in [5.74, 6) is -1.43. The first-order valence-electron chi connectivity index (χ1n) is 7.96. The van der Waals surface area contributed by atoms with Crippen LogP contribution in [0, 0.1) is 0 Å². The van der Waals surface area contributed by atoms with Crippen molar-refractivity contribution in [1.29, 1.82) is 0 Å². The first-order valence-corrected chi connectivity index (χ1v) is 8.76. The highest BCUT2D eigenvalue weighted by Crippen LogP contribution is 2.29. The smallest absolute Gasteiger partial charge is 0.337 e. The van der Waals surface area contributed by atoms with E-state index in [2.05, 4.69) is 21.2 Å². The summed E-state index contributed by atoms with van der Waals surface area (Å²) in [5, 5.41) is 14.0. The SMILES string of the molecule is CC(=Cc1ccc2ccccc2c1Br)C(=O)Nc1ccccc1C(=O)O. The molecule has 5 heteroatoms. The molecule has 0 radical (unpaired) electrons. The number of aromatic carboxylic acids is 1. The lowest BCUT2D eigenvalue weighted by Crippen LogP contribution is -2.15. The molecule has 130 valence electrons. The number of carboxylic acid groups (broad SMARTS) is 1. The van der Waals surface area contributed by atoms with E-state index < -0.39 is 5.97 Å². The quantitative estimate of drug-likeness (QED) is 0.571. The number of anilines is 1. The Kier molecular flexibility index (Phi) is 5.19. The number of rotatable bonds is 4. The van der Waals surface area contributed by atoms with Gasteiger partial charge in [0.05, 0.1) is 11.3 Å². The van der Waals surface area contributed by atoms with E-state index in [1.165, 1.54) is 6.07 Å². The minimum Gasteiger partial charge on any atom is -0.478 e. The number of carbonyl (C=O) groups excluding carboxylic acids is 1. The van der Waals surface area contributed by atoms with Crippen LogP contribution in [0.1, 0.15) is 22.8 Å². The van der Waals surface area contributed by atoms with Gasteiger partial charge in [0.1, 0.15) is 0 Å². The molecule has 0 saturated heterocycles. The van der Waals surface area contributed by atoms with Crippen molar-refractivity contribution in [2.45, 2.75) is 6.92 Å². The van der Waals surface area contributed by atoms with Crippen molar-refractivity contribution in [1.82, 2.24) is 0 Å². The average molecular weight is 410 g/mol. The fourth-order valence-electron chi connectivity index (χ4n) is 2.66. The number of hydrogen-bond acceptors (Lipinski definition) is 2. The first kappa shape index (κ1) is 17.9. The monoisotopic (exact) mass is 409 g/mol. The van der Waals surface area contributed by atoms with Crippen molar-refractivity contribution in [3.8, 4) is 0 Å². The van der Waals surface area contributed by atoms with Gasteiger partial charge < -0.3 is 10.4 Å². The Morgan fingerprint density at radius 3 is 2.46 bits per heavy atom. The second-order valence-corrected chi connectivity index (χ2v) is 6.62. The van der Waals surface area contributed by atoms with Crippen molar-refractivity contribution in [2.75, 3.05) is 5.32 Å². The Morgan fingerprint density at radius 1 is 1.00 bits per heavy atom. The number of benzene rings is 3. The molecule has 0 aliphatic carbocycles. The number of amides is 1. The van der Waals surface area contributed by atoms with Gasteiger partial charge in [-0.1, -0.05) is 48.5 Å². The van der Waals surface area contributed by atoms with Gasteiger partial charge in [-0.3, -0.25) is 4.79 Å². The molecule has 0 atom stereocenters. The first-order chi connectivity index (χ1) is 12.5. The molecule has 0 aromatic heterocycles. The lowest BCUT2D eigenvalue weighted by atomic mass is 10.0. The van der Waals surface area contributed by atoms with Crippen molar-refractivity contribution >= 4 is 50.3 Å². The Hall–Kier alpha value is -2.92. The van der Waals surface area contributed by atoms with E-state index in [0.29, 0.717) is 5.57 Å². The molecule has 3 aromatic carbocycles. The van der Waals surface area contributed by atoms with Crippen LogP contribution in [0.5, 0.6) is 0 Å². The van der Waals surface area contributed by atoms with E-state index in [1.807, 2.05) is 36.4 Å². The van der Waals surface area contributed by atoms with Crippen molar-refractivity contribution in [3.63, 3.8) is 0 Å². The molecule has 0 fully saturated rings. The zero-order valence-corrected chi connectivity index (χ0v) is 15.6. The third-order valence-corrected chi connectivity index (χ3v) is 4.91. The molecule has 26 heavy (non-hydrogen) atoms. The van der Waals surface area contributed by atoms with Gasteiger partial charge in [0.2, 0.25) is 0 Å². The summed E-state index contributed by atoms with van der Waals surface area (Å²) in [6.07, 6.45) is 1.77. The van der Waals surface area contributed by atoms with Crippen LogP contribution in [-0.4, -0.2) is 17.0 Å². The van der Waals surface area contributed by atoms with Crippen molar-refractivity contribution in [3.05, 3.63) is 81.8 Å². The lowest BCUT2D eigenvalue weighted by molar-refractivity contribution is -0.112. The second-order valence-electron chi connectivity index (χ2n) is 5.82. The predicted octanol–water partition coefficient (Wildman–Crippen LogP) is 5.34. The minimum absolute atomic E-state index is 0.0561. The van der Waals surface area contributed by atoms with E-state index in [0.717, 1.165) is 20.8 Å². The van der Waals surface area contributed by atoms with E-state index in [9.17, 15) is 14.7 Å². The van der Waals surface area contributed by atoms with E-state index in [-0.39, 0.29) is 17.2 Å². The van der Waals surface area contributed by atoms with Crippen LogP contribution in [0.15, 0.2) is 70.7 Å². The van der Waals surface area contributed by atoms with Gasteiger partial charge in [-0.15, -0.1) is 0 Å². The van der Waals surface area contributed by atoms with E-state index in [1.54, 1.807) is 31.2 Å². The molecule has 4 nitrogen and oxygen atoms in total. The summed E-state index contributed by atoms with van der Waals surface area (Å²) in [4.78, 5) is 23.7. The number of hydrogen-bond donors (Lipinski definition) is 2. The van der Waals surface area contributed by atoms with Gasteiger partial charge in [-0.2, -0.15) is 0 Å². The number of halogens is 1. The molecule has 2 N–H and O–H groups in total. The van der Waals surface area contributed by atoms with Crippen LogP contribution in [0.2, 0.25) is 0 Å². The molecule has 0 saturated carbocycles. The third kappa shape index (κ3) is 3.68. The fraction of sp³-hybridized carbons (Fsp3) is 0.0476. The Morgan fingerprint density at radius 2 is 1.69 bits per heavy atom. The normalized spacial score (nSPS) is 11.4. The standard InChI is InChI=1S/C21H16BrNO3/c1-13(20(24)23-18-9-5-4-8-17(18)21(25)26)12-15-11-10-14-6-2-3-7-16(14)19(15)22/h2-12H,1H3,(H,23,24)(H,25,26). The molecule has 0 aliphatic rings. The number of fused-ring (bicyclic) bond motifs is 1. The zero-order chi connectivity index (χ0) is 18.7. The number of carbonyl (C=O) groups is 2. The van der Waals surface area contributed by atoms with Crippen molar-refractivity contribution < 1.29 is 14.7 Å². The molecule has 0 unspecified atom stereocenters. The summed E-state index contributed by atoms with van der Waals surface area (Å²) in [6, 6.07) is 18.2. The minimum atomic E-state index is -1.08. The van der Waals surface area contributed by atoms with Gasteiger partial charge in [0, 0.05) is 10.0 Å². The summed E-state index contributed by atoms with van der Waals surface area (Å²) in [7, 11) is 0. The average Bonchev–Trinajstić information content (AvgIpc) is 2.64. The Labute approximate surface area is 159 Å². The largest absolute Gasteiger partial charge is 0.478 e. The summed E-state index contributed by atoms with van der Waals surface area (Å²) >= 11 is 3.60.